The van der Waals surface area contributed by atoms with Crippen molar-refractivity contribution in [2.45, 2.75) is 38.3 Å². The van der Waals surface area contributed by atoms with Crippen molar-refractivity contribution in [2.75, 3.05) is 18.0 Å². The van der Waals surface area contributed by atoms with E-state index in [-0.39, 0.29) is 0 Å². The summed E-state index contributed by atoms with van der Waals surface area (Å²) in [6.45, 7) is 8.44. The van der Waals surface area contributed by atoms with Gasteiger partial charge in [0.05, 0.1) is 12.2 Å². The molecule has 2 unspecified atom stereocenters. The highest BCUT2D eigenvalue weighted by Gasteiger charge is 2.23. The van der Waals surface area contributed by atoms with E-state index in [1.54, 1.807) is 0 Å². The Labute approximate surface area is 112 Å². The first-order valence-corrected chi connectivity index (χ1v) is 7.28. The zero-order valence-corrected chi connectivity index (χ0v) is 12.3. The monoisotopic (exact) mass is 297 g/mol. The average Bonchev–Trinajstić information content (AvgIpc) is 2.27. The second-order valence-electron chi connectivity index (χ2n) is 4.92. The van der Waals surface area contributed by atoms with E-state index in [1.807, 2.05) is 0 Å². The van der Waals surface area contributed by atoms with Crippen LogP contribution in [0.4, 0.5) is 5.69 Å². The zero-order chi connectivity index (χ0) is 12.4. The Balaban J connectivity index is 2.21. The van der Waals surface area contributed by atoms with Crippen molar-refractivity contribution < 1.29 is 4.74 Å². The summed E-state index contributed by atoms with van der Waals surface area (Å²) in [7, 11) is 0. The summed E-state index contributed by atoms with van der Waals surface area (Å²) in [5, 5.41) is 0.921. The summed E-state index contributed by atoms with van der Waals surface area (Å²) in [6, 6.07) is 6.69. The van der Waals surface area contributed by atoms with E-state index >= 15 is 0 Å². The van der Waals surface area contributed by atoms with Gasteiger partial charge in [0.15, 0.2) is 0 Å². The Morgan fingerprint density at radius 1 is 1.29 bits per heavy atom. The number of alkyl halides is 1. The van der Waals surface area contributed by atoms with E-state index in [4.69, 9.17) is 4.74 Å². The maximum absolute atomic E-state index is 5.77. The summed E-state index contributed by atoms with van der Waals surface area (Å²) in [5.74, 6) is 0. The Kier molecular flexibility index (Phi) is 4.10. The number of hydrogen-bond donors (Lipinski definition) is 0. The lowest BCUT2D eigenvalue weighted by Crippen LogP contribution is -2.45. The highest BCUT2D eigenvalue weighted by atomic mass is 79.9. The second kappa shape index (κ2) is 5.40. The fourth-order valence-electron chi connectivity index (χ4n) is 2.53. The molecule has 0 saturated carbocycles. The van der Waals surface area contributed by atoms with Gasteiger partial charge < -0.3 is 9.64 Å². The molecule has 0 aliphatic carbocycles. The van der Waals surface area contributed by atoms with Crippen molar-refractivity contribution in [2.24, 2.45) is 0 Å². The van der Waals surface area contributed by atoms with Crippen LogP contribution in [-0.4, -0.2) is 25.3 Å². The molecule has 2 rings (SSSR count). The number of aryl methyl sites for hydroxylation is 1. The molecule has 0 N–H and O–H groups in total. The zero-order valence-electron chi connectivity index (χ0n) is 10.7. The first-order valence-electron chi connectivity index (χ1n) is 6.16. The van der Waals surface area contributed by atoms with Crippen molar-refractivity contribution >= 4 is 21.6 Å². The highest BCUT2D eigenvalue weighted by Crippen LogP contribution is 2.25. The molecule has 0 bridgehead atoms. The maximum atomic E-state index is 5.77. The summed E-state index contributed by atoms with van der Waals surface area (Å²) < 4.78 is 5.77. The lowest BCUT2D eigenvalue weighted by molar-refractivity contribution is -0.00524. The number of ether oxygens (including phenoxy) is 1. The molecule has 17 heavy (non-hydrogen) atoms. The standard InChI is InChI=1S/C14H20BrNO/c1-10-6-13(7-15)4-5-14(10)16-8-11(2)17-12(3)9-16/h4-6,11-12H,7-9H2,1-3H3. The van der Waals surface area contributed by atoms with E-state index < -0.39 is 0 Å². The van der Waals surface area contributed by atoms with Crippen LogP contribution < -0.4 is 4.90 Å². The number of rotatable bonds is 2. The summed E-state index contributed by atoms with van der Waals surface area (Å²) >= 11 is 3.50. The SMILES string of the molecule is Cc1cc(CBr)ccc1N1CC(C)OC(C)C1. The first-order chi connectivity index (χ1) is 8.10. The number of anilines is 1. The van der Waals surface area contributed by atoms with E-state index in [0.717, 1.165) is 18.4 Å². The smallest absolute Gasteiger partial charge is 0.0726 e. The van der Waals surface area contributed by atoms with Gasteiger partial charge >= 0.3 is 0 Å². The predicted molar refractivity (Wildman–Crippen MR) is 76.0 cm³/mol. The third-order valence-corrected chi connectivity index (χ3v) is 3.82. The molecule has 1 heterocycles. The highest BCUT2D eigenvalue weighted by molar-refractivity contribution is 9.08. The molecule has 1 aliphatic rings. The normalized spacial score (nSPS) is 25.1. The van der Waals surface area contributed by atoms with E-state index in [2.05, 4.69) is 59.8 Å². The number of halogens is 1. The van der Waals surface area contributed by atoms with Gasteiger partial charge in [0, 0.05) is 24.1 Å². The van der Waals surface area contributed by atoms with Crippen molar-refractivity contribution in [3.8, 4) is 0 Å². The maximum Gasteiger partial charge on any atom is 0.0726 e. The Hall–Kier alpha value is -0.540. The first kappa shape index (κ1) is 12.9. The van der Waals surface area contributed by atoms with Gasteiger partial charge in [-0.05, 0) is 38.0 Å². The van der Waals surface area contributed by atoms with Gasteiger partial charge in [-0.2, -0.15) is 0 Å². The summed E-state index contributed by atoms with van der Waals surface area (Å²) in [6.07, 6.45) is 0.628. The Morgan fingerprint density at radius 3 is 2.47 bits per heavy atom. The molecule has 1 fully saturated rings. The van der Waals surface area contributed by atoms with Gasteiger partial charge in [0.2, 0.25) is 0 Å². The quantitative estimate of drug-likeness (QED) is 0.775. The van der Waals surface area contributed by atoms with Crippen LogP contribution in [0.2, 0.25) is 0 Å². The molecule has 0 spiro atoms. The minimum atomic E-state index is 0.314. The Bertz CT molecular complexity index is 384. The minimum Gasteiger partial charge on any atom is -0.372 e. The number of hydrogen-bond acceptors (Lipinski definition) is 2. The van der Waals surface area contributed by atoms with Crippen molar-refractivity contribution in [1.82, 2.24) is 0 Å². The molecule has 2 atom stereocenters. The molecule has 0 radical (unpaired) electrons. The molecule has 1 aromatic carbocycles. The minimum absolute atomic E-state index is 0.314. The van der Waals surface area contributed by atoms with Crippen LogP contribution in [0.1, 0.15) is 25.0 Å². The molecule has 1 saturated heterocycles. The van der Waals surface area contributed by atoms with Crippen LogP contribution in [-0.2, 0) is 10.1 Å². The van der Waals surface area contributed by atoms with E-state index in [9.17, 15) is 0 Å². The van der Waals surface area contributed by atoms with E-state index in [0.29, 0.717) is 12.2 Å². The lowest BCUT2D eigenvalue weighted by Gasteiger charge is -2.37. The van der Waals surface area contributed by atoms with E-state index in [1.165, 1.54) is 16.8 Å². The summed E-state index contributed by atoms with van der Waals surface area (Å²) in [4.78, 5) is 2.44. The van der Waals surface area contributed by atoms with Gasteiger partial charge in [-0.1, -0.05) is 28.1 Å². The van der Waals surface area contributed by atoms with Crippen LogP contribution in [0.25, 0.3) is 0 Å². The predicted octanol–water partition coefficient (Wildman–Crippen LogP) is 3.50. The molecule has 3 heteroatoms. The Morgan fingerprint density at radius 2 is 1.94 bits per heavy atom. The summed E-state index contributed by atoms with van der Waals surface area (Å²) in [5.41, 5.74) is 4.03. The van der Waals surface area contributed by atoms with Crippen LogP contribution in [0.15, 0.2) is 18.2 Å². The van der Waals surface area contributed by atoms with Crippen LogP contribution in [0.3, 0.4) is 0 Å². The fourth-order valence-corrected chi connectivity index (χ4v) is 2.88. The van der Waals surface area contributed by atoms with Crippen molar-refractivity contribution in [1.29, 1.82) is 0 Å². The third kappa shape index (κ3) is 3.02. The number of nitrogens with zero attached hydrogens (tertiary/aromatic N) is 1. The second-order valence-corrected chi connectivity index (χ2v) is 5.48. The average molecular weight is 298 g/mol. The molecular weight excluding hydrogens is 278 g/mol. The van der Waals surface area contributed by atoms with Crippen LogP contribution >= 0.6 is 15.9 Å². The molecular formula is C14H20BrNO. The van der Waals surface area contributed by atoms with Gasteiger partial charge in [-0.15, -0.1) is 0 Å². The third-order valence-electron chi connectivity index (χ3n) is 3.18. The van der Waals surface area contributed by atoms with Crippen LogP contribution in [0.5, 0.6) is 0 Å². The van der Waals surface area contributed by atoms with Gasteiger partial charge in [-0.3, -0.25) is 0 Å². The molecule has 1 aromatic rings. The van der Waals surface area contributed by atoms with Gasteiger partial charge in [0.1, 0.15) is 0 Å². The number of morpholine rings is 1. The molecule has 1 aliphatic heterocycles. The fraction of sp³-hybridized carbons (Fsp3) is 0.571. The molecule has 94 valence electrons. The van der Waals surface area contributed by atoms with Crippen LogP contribution in [0, 0.1) is 6.92 Å². The molecule has 2 nitrogen and oxygen atoms in total. The lowest BCUT2D eigenvalue weighted by atomic mass is 10.1. The van der Waals surface area contributed by atoms with Crippen molar-refractivity contribution in [3.63, 3.8) is 0 Å². The van der Waals surface area contributed by atoms with Crippen molar-refractivity contribution in [3.05, 3.63) is 29.3 Å². The van der Waals surface area contributed by atoms with Gasteiger partial charge in [0.25, 0.3) is 0 Å². The largest absolute Gasteiger partial charge is 0.372 e. The molecule has 0 amide bonds. The molecule has 0 aromatic heterocycles. The number of benzene rings is 1. The topological polar surface area (TPSA) is 12.5 Å². The van der Waals surface area contributed by atoms with Gasteiger partial charge in [-0.25, -0.2) is 0 Å².